The van der Waals surface area contributed by atoms with E-state index in [4.69, 9.17) is 17.3 Å². The van der Waals surface area contributed by atoms with Crippen LogP contribution in [0.2, 0.25) is 5.02 Å². The Balaban J connectivity index is 2.36. The molecule has 0 aliphatic carbocycles. The summed E-state index contributed by atoms with van der Waals surface area (Å²) >= 11 is 5.72. The zero-order chi connectivity index (χ0) is 13.8. The van der Waals surface area contributed by atoms with Gasteiger partial charge in [0.15, 0.2) is 0 Å². The van der Waals surface area contributed by atoms with Crippen LogP contribution in [0.15, 0.2) is 42.6 Å². The number of aromatic nitrogens is 1. The Labute approximate surface area is 115 Å². The molecule has 19 heavy (non-hydrogen) atoms. The van der Waals surface area contributed by atoms with E-state index < -0.39 is 17.8 Å². The Morgan fingerprint density at radius 3 is 2.68 bits per heavy atom. The minimum atomic E-state index is -1.08. The largest absolute Gasteiger partial charge is 0.388 e. The summed E-state index contributed by atoms with van der Waals surface area (Å²) in [6.07, 6.45) is 0.526. The maximum absolute atomic E-state index is 13.9. The van der Waals surface area contributed by atoms with Gasteiger partial charge in [0.25, 0.3) is 0 Å². The van der Waals surface area contributed by atoms with Crippen molar-refractivity contribution in [3.05, 3.63) is 64.7 Å². The third-order valence-corrected chi connectivity index (χ3v) is 3.29. The summed E-state index contributed by atoms with van der Waals surface area (Å²) in [4.78, 5) is 4.15. The number of pyridine rings is 1. The number of aliphatic hydroxyl groups is 1. The maximum atomic E-state index is 13.9. The molecule has 0 saturated carbocycles. The van der Waals surface area contributed by atoms with Crippen LogP contribution in [0.1, 0.15) is 23.3 Å². The molecule has 2 rings (SSSR count). The van der Waals surface area contributed by atoms with Crippen molar-refractivity contribution < 1.29 is 9.50 Å². The van der Waals surface area contributed by atoms with Crippen LogP contribution < -0.4 is 5.73 Å². The van der Waals surface area contributed by atoms with Gasteiger partial charge < -0.3 is 10.8 Å². The van der Waals surface area contributed by atoms with Crippen molar-refractivity contribution in [1.29, 1.82) is 0 Å². The average molecular weight is 281 g/mol. The van der Waals surface area contributed by atoms with Crippen molar-refractivity contribution in [3.8, 4) is 0 Å². The van der Waals surface area contributed by atoms with Crippen molar-refractivity contribution in [2.75, 3.05) is 6.54 Å². The predicted molar refractivity (Wildman–Crippen MR) is 72.4 cm³/mol. The normalized spacial score (nSPS) is 14.1. The minimum Gasteiger partial charge on any atom is -0.388 e. The number of nitrogens with two attached hydrogens (primary N) is 1. The molecule has 3 nitrogen and oxygen atoms in total. The molecule has 2 unspecified atom stereocenters. The Hall–Kier alpha value is -1.49. The first-order chi connectivity index (χ1) is 9.15. The van der Waals surface area contributed by atoms with Crippen LogP contribution in [0.25, 0.3) is 0 Å². The molecule has 0 bridgehead atoms. The highest BCUT2D eigenvalue weighted by atomic mass is 35.5. The molecule has 5 heteroatoms. The number of benzene rings is 1. The third kappa shape index (κ3) is 2.92. The monoisotopic (exact) mass is 280 g/mol. The molecule has 0 aliphatic rings. The van der Waals surface area contributed by atoms with Crippen LogP contribution in [-0.4, -0.2) is 16.6 Å². The van der Waals surface area contributed by atoms with Gasteiger partial charge in [-0.2, -0.15) is 0 Å². The lowest BCUT2D eigenvalue weighted by molar-refractivity contribution is 0.141. The number of halogens is 2. The zero-order valence-electron chi connectivity index (χ0n) is 10.1. The second-order valence-electron chi connectivity index (χ2n) is 4.18. The summed E-state index contributed by atoms with van der Waals surface area (Å²) < 4.78 is 13.9. The summed E-state index contributed by atoms with van der Waals surface area (Å²) in [5.41, 5.74) is 6.43. The predicted octanol–water partition coefficient (Wildman–Crippen LogP) is 2.65. The zero-order valence-corrected chi connectivity index (χ0v) is 10.9. The first-order valence-electron chi connectivity index (χ1n) is 5.88. The molecule has 0 spiro atoms. The fraction of sp³-hybridized carbons (Fsp3) is 0.214. The first kappa shape index (κ1) is 13.9. The summed E-state index contributed by atoms with van der Waals surface area (Å²) in [5, 5.41) is 10.3. The van der Waals surface area contributed by atoms with Crippen LogP contribution in [0.5, 0.6) is 0 Å². The summed E-state index contributed by atoms with van der Waals surface area (Å²) in [6.45, 7) is 0.157. The number of nitrogens with zero attached hydrogens (tertiary/aromatic N) is 1. The topological polar surface area (TPSA) is 59.1 Å². The first-order valence-corrected chi connectivity index (χ1v) is 6.26. The maximum Gasteiger partial charge on any atom is 0.147 e. The van der Waals surface area contributed by atoms with Gasteiger partial charge in [-0.05, 0) is 18.2 Å². The van der Waals surface area contributed by atoms with Gasteiger partial charge in [-0.3, -0.25) is 4.98 Å². The lowest BCUT2D eigenvalue weighted by Crippen LogP contribution is -2.21. The fourth-order valence-electron chi connectivity index (χ4n) is 1.97. The summed E-state index contributed by atoms with van der Waals surface area (Å²) in [6, 6.07) is 9.84. The van der Waals surface area contributed by atoms with Gasteiger partial charge in [-0.25, -0.2) is 4.39 Å². The highest BCUT2D eigenvalue weighted by Gasteiger charge is 2.25. The van der Waals surface area contributed by atoms with E-state index in [2.05, 4.69) is 4.98 Å². The Morgan fingerprint density at radius 2 is 2.05 bits per heavy atom. The van der Waals surface area contributed by atoms with E-state index in [1.807, 2.05) is 0 Å². The minimum absolute atomic E-state index is 0.0201. The molecule has 0 aliphatic heterocycles. The van der Waals surface area contributed by atoms with Crippen molar-refractivity contribution in [3.63, 3.8) is 0 Å². The highest BCUT2D eigenvalue weighted by Crippen LogP contribution is 2.32. The molecule has 3 N–H and O–H groups in total. The molecule has 1 heterocycles. The molecule has 0 amide bonds. The van der Waals surface area contributed by atoms with Crippen LogP contribution in [0, 0.1) is 5.82 Å². The lowest BCUT2D eigenvalue weighted by atomic mass is 9.92. The van der Waals surface area contributed by atoms with Crippen molar-refractivity contribution in [2.45, 2.75) is 12.0 Å². The van der Waals surface area contributed by atoms with Crippen LogP contribution in [0.3, 0.4) is 0 Å². The number of hydrogen-bond acceptors (Lipinski definition) is 3. The number of aliphatic hydroxyl groups excluding tert-OH is 1. The van der Waals surface area contributed by atoms with E-state index in [0.717, 1.165) is 0 Å². The molecule has 0 radical (unpaired) electrons. The highest BCUT2D eigenvalue weighted by molar-refractivity contribution is 6.30. The second-order valence-corrected chi connectivity index (χ2v) is 4.59. The Bertz CT molecular complexity index is 550. The van der Waals surface area contributed by atoms with Gasteiger partial charge >= 0.3 is 0 Å². The molecule has 2 aromatic rings. The van der Waals surface area contributed by atoms with E-state index in [0.29, 0.717) is 5.69 Å². The molecule has 1 aromatic carbocycles. The van der Waals surface area contributed by atoms with E-state index >= 15 is 0 Å². The van der Waals surface area contributed by atoms with Crippen molar-refractivity contribution in [2.24, 2.45) is 5.73 Å². The van der Waals surface area contributed by atoms with Crippen molar-refractivity contribution >= 4 is 11.6 Å². The van der Waals surface area contributed by atoms with Gasteiger partial charge in [0.2, 0.25) is 0 Å². The third-order valence-electron chi connectivity index (χ3n) is 3.00. The van der Waals surface area contributed by atoms with Gasteiger partial charge in [0, 0.05) is 29.9 Å². The van der Waals surface area contributed by atoms with Gasteiger partial charge in [0.05, 0.1) is 11.1 Å². The second kappa shape index (κ2) is 6.10. The number of rotatable bonds is 4. The molecular weight excluding hydrogens is 267 g/mol. The van der Waals surface area contributed by atoms with E-state index in [1.165, 1.54) is 12.1 Å². The molecule has 0 fully saturated rings. The fourth-order valence-corrected chi connectivity index (χ4v) is 2.15. The van der Waals surface area contributed by atoms with Crippen LogP contribution in [0.4, 0.5) is 4.39 Å². The number of hydrogen-bond donors (Lipinski definition) is 2. The van der Waals surface area contributed by atoms with E-state index in [-0.39, 0.29) is 17.1 Å². The molecule has 0 saturated heterocycles. The van der Waals surface area contributed by atoms with Gasteiger partial charge in [0.1, 0.15) is 5.82 Å². The standard InChI is InChI=1S/C14H14ClFN2O/c15-11-5-3-4-9(13(11)16)14(19)10(8-17)12-6-1-2-7-18-12/h1-7,10,14,19H,8,17H2. The quantitative estimate of drug-likeness (QED) is 0.905. The van der Waals surface area contributed by atoms with Crippen LogP contribution in [-0.2, 0) is 0 Å². The molecule has 100 valence electrons. The summed E-state index contributed by atoms with van der Waals surface area (Å²) in [5.74, 6) is -1.10. The van der Waals surface area contributed by atoms with E-state index in [9.17, 15) is 9.50 Å². The molecular formula is C14H14ClFN2O. The molecule has 1 aromatic heterocycles. The van der Waals surface area contributed by atoms with Crippen LogP contribution >= 0.6 is 11.6 Å². The average Bonchev–Trinajstić information content (AvgIpc) is 2.44. The molecule has 2 atom stereocenters. The Morgan fingerprint density at radius 1 is 1.26 bits per heavy atom. The van der Waals surface area contributed by atoms with Gasteiger partial charge in [-0.15, -0.1) is 0 Å². The van der Waals surface area contributed by atoms with Gasteiger partial charge in [-0.1, -0.05) is 29.8 Å². The van der Waals surface area contributed by atoms with Crippen molar-refractivity contribution in [1.82, 2.24) is 4.98 Å². The Kier molecular flexibility index (Phi) is 4.47. The smallest absolute Gasteiger partial charge is 0.147 e. The SMILES string of the molecule is NCC(c1ccccn1)C(O)c1cccc(Cl)c1F. The van der Waals surface area contributed by atoms with E-state index in [1.54, 1.807) is 30.5 Å². The summed E-state index contributed by atoms with van der Waals surface area (Å²) in [7, 11) is 0. The lowest BCUT2D eigenvalue weighted by Gasteiger charge is -2.22.